The molecule has 3 heterocycles. The Bertz CT molecular complexity index is 2260. The number of cyclic esters (lactones) is 1. The molecule has 1 aromatic carbocycles. The van der Waals surface area contributed by atoms with Gasteiger partial charge in [0.25, 0.3) is 0 Å². The van der Waals surface area contributed by atoms with Gasteiger partial charge in [-0.25, -0.2) is 9.59 Å². The van der Waals surface area contributed by atoms with Crippen LogP contribution in [0, 0.1) is 5.92 Å². The molecule has 0 bridgehead atoms. The number of halogens is 2. The van der Waals surface area contributed by atoms with E-state index in [0.29, 0.717) is 41.7 Å². The molecule has 1 aromatic rings. The highest BCUT2D eigenvalue weighted by molar-refractivity contribution is 6.39. The van der Waals surface area contributed by atoms with Gasteiger partial charge >= 0.3 is 17.9 Å². The van der Waals surface area contributed by atoms with Crippen LogP contribution in [-0.2, 0) is 53.9 Å². The highest BCUT2D eigenvalue weighted by Gasteiger charge is 2.53. The summed E-state index contributed by atoms with van der Waals surface area (Å²) in [6.07, 6.45) is -2.06. The fourth-order valence-electron chi connectivity index (χ4n) is 8.21. The zero-order valence-electron chi connectivity index (χ0n) is 44.6. The molecule has 3 aliphatic rings. The summed E-state index contributed by atoms with van der Waals surface area (Å²) in [5.74, 6) is -3.84. The number of aliphatic hydroxyl groups is 4. The summed E-state index contributed by atoms with van der Waals surface area (Å²) in [5.41, 5.74) is 1.11. The number of rotatable bonds is 13. The lowest BCUT2D eigenvalue weighted by atomic mass is 9.89. The van der Waals surface area contributed by atoms with Gasteiger partial charge in [0.1, 0.15) is 52.5 Å². The number of esters is 3. The Balaban J connectivity index is 0.00000694. The Labute approximate surface area is 440 Å². The maximum absolute atomic E-state index is 13.9. The molecule has 17 nitrogen and oxygen atoms in total. The van der Waals surface area contributed by atoms with Gasteiger partial charge in [0.2, 0.25) is 6.29 Å². The number of hydrogen-bond donors (Lipinski definition) is 6. The van der Waals surface area contributed by atoms with Crippen molar-refractivity contribution in [1.29, 1.82) is 0 Å². The zero-order valence-corrected chi connectivity index (χ0v) is 46.1. The smallest absolute Gasteiger partial charge is 0.342 e. The number of benzene rings is 1. The van der Waals surface area contributed by atoms with Gasteiger partial charge in [0, 0.05) is 13.5 Å². The Hall–Kier alpha value is -4.27. The third-order valence-electron chi connectivity index (χ3n) is 12.5. The molecule has 0 aromatic heterocycles. The van der Waals surface area contributed by atoms with Crippen molar-refractivity contribution in [2.75, 3.05) is 13.7 Å². The van der Waals surface area contributed by atoms with Crippen LogP contribution >= 0.6 is 23.2 Å². The van der Waals surface area contributed by atoms with Crippen LogP contribution in [0.3, 0.4) is 0 Å². The van der Waals surface area contributed by atoms with Gasteiger partial charge in [-0.05, 0) is 95.6 Å². The fourth-order valence-corrected chi connectivity index (χ4v) is 8.77. The minimum absolute atomic E-state index is 0.0691. The lowest BCUT2D eigenvalue weighted by Crippen LogP contribution is -2.63. The van der Waals surface area contributed by atoms with E-state index < -0.39 is 113 Å². The first-order valence-corrected chi connectivity index (χ1v) is 25.6. The maximum atomic E-state index is 13.9. The Morgan fingerprint density at radius 2 is 1.53 bits per heavy atom. The molecule has 19 heteroatoms. The number of allylic oxidation sites excluding steroid dienone is 7. The molecular formula is C54H78Cl2O17. The molecule has 0 aliphatic carbocycles. The minimum Gasteiger partial charge on any atom is -0.505 e. The highest BCUT2D eigenvalue weighted by atomic mass is 35.5. The second-order valence-electron chi connectivity index (χ2n) is 18.7. The lowest BCUT2D eigenvalue weighted by Gasteiger charge is -2.46. The van der Waals surface area contributed by atoms with Gasteiger partial charge in [0.05, 0.1) is 35.3 Å². The topological polar surface area (TPSA) is 246 Å². The first-order valence-electron chi connectivity index (χ1n) is 24.9. The summed E-state index contributed by atoms with van der Waals surface area (Å²) in [4.78, 5) is 39.9. The number of ether oxygens (including phenoxy) is 8. The van der Waals surface area contributed by atoms with Gasteiger partial charge in [-0.15, -0.1) is 0 Å². The Kier molecular flexibility index (Phi) is 24.7. The van der Waals surface area contributed by atoms with Crippen molar-refractivity contribution in [3.05, 3.63) is 91.3 Å². The van der Waals surface area contributed by atoms with Crippen molar-refractivity contribution in [2.24, 2.45) is 5.92 Å². The van der Waals surface area contributed by atoms with E-state index >= 15 is 0 Å². The average molecular weight is 1070 g/mol. The number of carbonyl (C=O) groups excluding carboxylic acids is 3. The quantitative estimate of drug-likeness (QED) is 0.0800. The van der Waals surface area contributed by atoms with Crippen molar-refractivity contribution in [3.8, 4) is 11.5 Å². The molecule has 2 fully saturated rings. The number of methoxy groups -OCH3 is 1. The number of aliphatic hydroxyl groups excluding tert-OH is 4. The highest BCUT2D eigenvalue weighted by Crippen LogP contribution is 2.45. The van der Waals surface area contributed by atoms with Crippen LogP contribution in [0.1, 0.15) is 132 Å². The van der Waals surface area contributed by atoms with Gasteiger partial charge in [0.15, 0.2) is 30.0 Å². The summed E-state index contributed by atoms with van der Waals surface area (Å²) >= 11 is 12.3. The van der Waals surface area contributed by atoms with Crippen LogP contribution < -0.4 is 0 Å². The number of carbonyl (C=O) groups is 3. The number of hydrogen-bond acceptors (Lipinski definition) is 17. The third kappa shape index (κ3) is 15.9. The SMILES string of the molecule is CC.CCC1=C(O[C@@H]2OC(C)(C)[C@@H](OC(=O)C(C)C)[C@H](O)[C@@H]2O)/C(C)=C/C(C)=C/C[C@@H](CC)OC(=O)/C(CO[C@@H]2OC(C)[C@@H](OC(=O)c3c(O)c(Cl)c(O)c(Cl)c3CC)C(O)C2OC)=C/C=C/C[C@H](O)\C(C)=C\1. The molecule has 0 amide bonds. The van der Waals surface area contributed by atoms with E-state index in [-0.39, 0.29) is 41.2 Å². The van der Waals surface area contributed by atoms with E-state index in [4.69, 9.17) is 61.1 Å². The Morgan fingerprint density at radius 3 is 2.12 bits per heavy atom. The van der Waals surface area contributed by atoms with Crippen LogP contribution in [0.25, 0.3) is 0 Å². The van der Waals surface area contributed by atoms with Crippen LogP contribution in [0.2, 0.25) is 10.0 Å². The monoisotopic (exact) mass is 1070 g/mol. The molecule has 11 atom stereocenters. The molecule has 0 radical (unpaired) electrons. The number of phenolic OH excluding ortho intramolecular Hbond substituents is 2. The standard InChI is InChI=1S/C52H72Cl2O17.C2H6/c1-13-30-23-27(7)34(55)19-17-16-18-31(24-65-51-45(64-12)42(60)44(29(9)66-51)68-49(63)35-33(15-3)36(53)39(57)37(54)38(35)56)48(62)67-32(14-2)21-20-26(6)22-28(8)43(30)69-50-41(59)40(58)46(52(10,11)71-50)70-47(61)25(4)5;1-2/h16-18,20,22-23,25,29,32,34,40-42,44-46,50-51,55-60H,13-15,19,21,24H2,1-12H3;1-2H3/b17-16+,26-20+,27-23+,28-22+,31-18+,43-30+;/t29?,32-,34+,40-,41+,42?,44-,45?,46+,50-,51-;/m1./s1. The predicted octanol–water partition coefficient (Wildman–Crippen LogP) is 8.56. The predicted molar refractivity (Wildman–Crippen MR) is 275 cm³/mol. The van der Waals surface area contributed by atoms with Crippen LogP contribution in [0.4, 0.5) is 0 Å². The first kappa shape index (κ1) is 63.0. The average Bonchev–Trinajstić information content (AvgIpc) is 3.35. The van der Waals surface area contributed by atoms with Gasteiger partial charge < -0.3 is 68.5 Å². The van der Waals surface area contributed by atoms with Gasteiger partial charge in [-0.3, -0.25) is 4.79 Å². The Morgan fingerprint density at radius 1 is 0.877 bits per heavy atom. The van der Waals surface area contributed by atoms with Crippen LogP contribution in [0.5, 0.6) is 11.5 Å². The summed E-state index contributed by atoms with van der Waals surface area (Å²) in [6, 6.07) is 0. The molecule has 3 aliphatic heterocycles. The van der Waals surface area contributed by atoms with E-state index in [1.165, 1.54) is 20.1 Å². The molecule has 73 heavy (non-hydrogen) atoms. The van der Waals surface area contributed by atoms with E-state index in [9.17, 15) is 45.0 Å². The number of phenols is 2. The van der Waals surface area contributed by atoms with E-state index in [0.717, 1.165) is 5.57 Å². The molecular weight excluding hydrogens is 991 g/mol. The molecule has 0 saturated carbocycles. The van der Waals surface area contributed by atoms with E-state index in [2.05, 4.69) is 0 Å². The van der Waals surface area contributed by atoms with E-state index in [1.807, 2.05) is 53.7 Å². The van der Waals surface area contributed by atoms with Crippen molar-refractivity contribution >= 4 is 41.1 Å². The minimum atomic E-state index is -1.61. The summed E-state index contributed by atoms with van der Waals surface area (Å²) < 4.78 is 47.6. The van der Waals surface area contributed by atoms with Crippen LogP contribution in [-0.4, -0.2) is 135 Å². The largest absolute Gasteiger partial charge is 0.505 e. The second kappa shape index (κ2) is 28.6. The van der Waals surface area contributed by atoms with Crippen molar-refractivity contribution in [3.63, 3.8) is 0 Å². The van der Waals surface area contributed by atoms with Crippen molar-refractivity contribution < 1.29 is 82.9 Å². The van der Waals surface area contributed by atoms with Crippen molar-refractivity contribution in [1.82, 2.24) is 0 Å². The van der Waals surface area contributed by atoms with Crippen LogP contribution in [0.15, 0.2) is 70.1 Å². The number of aromatic hydroxyl groups is 2. The molecule has 410 valence electrons. The van der Waals surface area contributed by atoms with Gasteiger partial charge in [-0.1, -0.05) is 108 Å². The molecule has 6 N–H and O–H groups in total. The summed E-state index contributed by atoms with van der Waals surface area (Å²) in [7, 11) is 1.29. The third-order valence-corrected chi connectivity index (χ3v) is 13.3. The van der Waals surface area contributed by atoms with E-state index in [1.54, 1.807) is 59.8 Å². The fraction of sp³-hybridized carbons (Fsp3) is 0.611. The van der Waals surface area contributed by atoms with Gasteiger partial charge in [-0.2, -0.15) is 0 Å². The molecule has 4 rings (SSSR count). The molecule has 3 unspecified atom stereocenters. The lowest BCUT2D eigenvalue weighted by molar-refractivity contribution is -0.316. The second-order valence-corrected chi connectivity index (χ2v) is 19.5. The molecule has 0 spiro atoms. The maximum Gasteiger partial charge on any atom is 0.342 e. The summed E-state index contributed by atoms with van der Waals surface area (Å²) in [6.45, 7) is 22.6. The zero-order chi connectivity index (χ0) is 55.2. The molecule has 2 saturated heterocycles. The summed E-state index contributed by atoms with van der Waals surface area (Å²) in [5, 5.41) is 65.6. The van der Waals surface area contributed by atoms with Crippen molar-refractivity contribution in [2.45, 2.75) is 195 Å². The normalized spacial score (nSPS) is 32.8. The first-order chi connectivity index (χ1) is 34.3.